The minimum absolute atomic E-state index is 0. The second kappa shape index (κ2) is 13.0. The van der Waals surface area contributed by atoms with Gasteiger partial charge < -0.3 is 15.0 Å². The summed E-state index contributed by atoms with van der Waals surface area (Å²) in [7, 11) is 3.92. The molecule has 1 N–H and O–H groups in total. The van der Waals surface area contributed by atoms with E-state index in [0.717, 1.165) is 50.7 Å². The van der Waals surface area contributed by atoms with Gasteiger partial charge in [0.25, 0.3) is 0 Å². The van der Waals surface area contributed by atoms with Crippen LogP contribution in [0.25, 0.3) is 0 Å². The molecule has 0 saturated carbocycles. The van der Waals surface area contributed by atoms with Gasteiger partial charge in [0.05, 0.1) is 6.61 Å². The van der Waals surface area contributed by atoms with Crippen LogP contribution in [-0.4, -0.2) is 44.7 Å². The highest BCUT2D eigenvalue weighted by atomic mass is 127. The maximum atomic E-state index is 5.70. The minimum Gasteiger partial charge on any atom is -0.494 e. The molecule has 0 aliphatic heterocycles. The third-order valence-electron chi connectivity index (χ3n) is 3.71. The van der Waals surface area contributed by atoms with E-state index in [-0.39, 0.29) is 24.0 Å². The van der Waals surface area contributed by atoms with Crippen LogP contribution in [0, 0.1) is 0 Å². The molecular formula is C19H28IN3OS. The van der Waals surface area contributed by atoms with Gasteiger partial charge in [-0.3, -0.25) is 4.99 Å². The monoisotopic (exact) mass is 473 g/mol. The Hall–Kier alpha value is -1.28. The van der Waals surface area contributed by atoms with E-state index in [1.165, 1.54) is 4.88 Å². The van der Waals surface area contributed by atoms with Crippen molar-refractivity contribution in [2.75, 3.05) is 33.8 Å². The van der Waals surface area contributed by atoms with Gasteiger partial charge in [-0.2, -0.15) is 0 Å². The van der Waals surface area contributed by atoms with Crippen LogP contribution in [-0.2, 0) is 6.42 Å². The number of guanidine groups is 1. The summed E-state index contributed by atoms with van der Waals surface area (Å²) < 4.78 is 5.70. The lowest BCUT2D eigenvalue weighted by Crippen LogP contribution is -2.40. The quantitative estimate of drug-likeness (QED) is 0.256. The number of hydrogen-bond donors (Lipinski definition) is 1. The van der Waals surface area contributed by atoms with E-state index in [1.54, 1.807) is 0 Å². The molecule has 0 atom stereocenters. The van der Waals surface area contributed by atoms with Crippen LogP contribution in [0.3, 0.4) is 0 Å². The first-order valence-corrected chi connectivity index (χ1v) is 9.29. The number of hydrogen-bond acceptors (Lipinski definition) is 3. The molecule has 0 aliphatic carbocycles. The zero-order chi connectivity index (χ0) is 17.0. The van der Waals surface area contributed by atoms with Gasteiger partial charge in [0.2, 0.25) is 0 Å². The predicted octanol–water partition coefficient (Wildman–Crippen LogP) is 4.28. The van der Waals surface area contributed by atoms with Gasteiger partial charge in [0.1, 0.15) is 5.75 Å². The number of halogens is 1. The molecule has 0 aliphatic rings. The number of thiophene rings is 1. The van der Waals surface area contributed by atoms with Gasteiger partial charge in [0, 0.05) is 32.1 Å². The molecule has 0 radical (unpaired) electrons. The average molecular weight is 473 g/mol. The second-order valence-corrected chi connectivity index (χ2v) is 6.63. The standard InChI is InChI=1S/C19H27N3OS.HI/c1-20-19(22(2)14-12-18-11-8-16-24-18)21-13-6-7-15-23-17-9-4-3-5-10-17;/h3-5,8-11,16H,6-7,12-15H2,1-2H3,(H,20,21);1H. The van der Waals surface area contributed by atoms with Crippen molar-refractivity contribution in [3.05, 3.63) is 52.7 Å². The largest absolute Gasteiger partial charge is 0.494 e. The molecule has 0 fully saturated rings. The fraction of sp³-hybridized carbons (Fsp3) is 0.421. The molecule has 0 saturated heterocycles. The first-order valence-electron chi connectivity index (χ1n) is 8.41. The van der Waals surface area contributed by atoms with E-state index in [1.807, 2.05) is 48.7 Å². The molecule has 0 unspecified atom stereocenters. The maximum absolute atomic E-state index is 5.70. The van der Waals surface area contributed by atoms with Crippen LogP contribution in [0.4, 0.5) is 0 Å². The molecule has 0 bridgehead atoms. The van der Waals surface area contributed by atoms with Crippen LogP contribution in [0.15, 0.2) is 52.8 Å². The Morgan fingerprint density at radius 3 is 2.64 bits per heavy atom. The van der Waals surface area contributed by atoms with Gasteiger partial charge in [-0.05, 0) is 42.8 Å². The van der Waals surface area contributed by atoms with Crippen molar-refractivity contribution < 1.29 is 4.74 Å². The Labute approximate surface area is 172 Å². The van der Waals surface area contributed by atoms with E-state index in [4.69, 9.17) is 4.74 Å². The second-order valence-electron chi connectivity index (χ2n) is 5.59. The van der Waals surface area contributed by atoms with Crippen molar-refractivity contribution in [1.29, 1.82) is 0 Å². The van der Waals surface area contributed by atoms with E-state index in [9.17, 15) is 0 Å². The zero-order valence-electron chi connectivity index (χ0n) is 15.0. The Balaban J connectivity index is 0.00000312. The van der Waals surface area contributed by atoms with Gasteiger partial charge in [-0.15, -0.1) is 35.3 Å². The van der Waals surface area contributed by atoms with Crippen molar-refractivity contribution in [3.63, 3.8) is 0 Å². The summed E-state index contributed by atoms with van der Waals surface area (Å²) in [5.74, 6) is 1.89. The van der Waals surface area contributed by atoms with Crippen molar-refractivity contribution in [1.82, 2.24) is 10.2 Å². The number of para-hydroxylation sites is 1. The molecule has 4 nitrogen and oxygen atoms in total. The third kappa shape index (κ3) is 8.58. The Bertz CT molecular complexity index is 590. The van der Waals surface area contributed by atoms with Crippen molar-refractivity contribution in [2.24, 2.45) is 4.99 Å². The number of rotatable bonds is 9. The number of nitrogens with one attached hydrogen (secondary N) is 1. The number of unbranched alkanes of at least 4 members (excludes halogenated alkanes) is 1. The summed E-state index contributed by atoms with van der Waals surface area (Å²) in [6.45, 7) is 2.63. The SMILES string of the molecule is CN=C(NCCCCOc1ccccc1)N(C)CCc1cccs1.I. The Morgan fingerprint density at radius 1 is 1.16 bits per heavy atom. The summed E-state index contributed by atoms with van der Waals surface area (Å²) >= 11 is 1.81. The fourth-order valence-electron chi connectivity index (χ4n) is 2.36. The van der Waals surface area contributed by atoms with Crippen molar-refractivity contribution in [2.45, 2.75) is 19.3 Å². The van der Waals surface area contributed by atoms with Crippen LogP contribution in [0.5, 0.6) is 5.75 Å². The molecule has 2 aromatic rings. The van der Waals surface area contributed by atoms with Crippen LogP contribution >= 0.6 is 35.3 Å². The Kier molecular flexibility index (Phi) is 11.3. The van der Waals surface area contributed by atoms with Crippen molar-refractivity contribution in [3.8, 4) is 5.75 Å². The number of ether oxygens (including phenoxy) is 1. The number of aliphatic imine (C=N–C) groups is 1. The third-order valence-corrected chi connectivity index (χ3v) is 4.65. The van der Waals surface area contributed by atoms with Gasteiger partial charge >= 0.3 is 0 Å². The normalized spacial score (nSPS) is 10.9. The molecule has 1 aromatic carbocycles. The first kappa shape index (κ1) is 21.8. The van der Waals surface area contributed by atoms with Crippen LogP contribution < -0.4 is 10.1 Å². The summed E-state index contributed by atoms with van der Waals surface area (Å²) in [4.78, 5) is 7.95. The lowest BCUT2D eigenvalue weighted by Gasteiger charge is -2.21. The van der Waals surface area contributed by atoms with Crippen molar-refractivity contribution >= 4 is 41.3 Å². The fourth-order valence-corrected chi connectivity index (χ4v) is 3.06. The molecular weight excluding hydrogens is 445 g/mol. The van der Waals surface area contributed by atoms with Gasteiger partial charge in [-0.25, -0.2) is 0 Å². The van der Waals surface area contributed by atoms with Crippen LogP contribution in [0.2, 0.25) is 0 Å². The minimum atomic E-state index is 0. The van der Waals surface area contributed by atoms with Crippen LogP contribution in [0.1, 0.15) is 17.7 Å². The first-order chi connectivity index (χ1) is 11.8. The summed E-state index contributed by atoms with van der Waals surface area (Å²) in [6, 6.07) is 14.2. The topological polar surface area (TPSA) is 36.9 Å². The molecule has 1 heterocycles. The number of likely N-dealkylation sites (N-methyl/N-ethyl adjacent to an activating group) is 1. The molecule has 1 aromatic heterocycles. The summed E-state index contributed by atoms with van der Waals surface area (Å²) in [6.07, 6.45) is 3.14. The lowest BCUT2D eigenvalue weighted by molar-refractivity contribution is 0.306. The highest BCUT2D eigenvalue weighted by molar-refractivity contribution is 14.0. The smallest absolute Gasteiger partial charge is 0.193 e. The van der Waals surface area contributed by atoms with Gasteiger partial charge in [0.15, 0.2) is 5.96 Å². The number of nitrogens with zero attached hydrogens (tertiary/aromatic N) is 2. The Morgan fingerprint density at radius 2 is 1.96 bits per heavy atom. The summed E-state index contributed by atoms with van der Waals surface area (Å²) in [5.41, 5.74) is 0. The maximum Gasteiger partial charge on any atom is 0.193 e. The summed E-state index contributed by atoms with van der Waals surface area (Å²) in [5, 5.41) is 5.55. The highest BCUT2D eigenvalue weighted by Crippen LogP contribution is 2.10. The van der Waals surface area contributed by atoms with E-state index in [2.05, 4.69) is 39.8 Å². The zero-order valence-corrected chi connectivity index (χ0v) is 18.1. The molecule has 6 heteroatoms. The molecule has 25 heavy (non-hydrogen) atoms. The number of benzene rings is 1. The van der Waals surface area contributed by atoms with E-state index in [0.29, 0.717) is 0 Å². The average Bonchev–Trinajstić information content (AvgIpc) is 3.13. The molecule has 138 valence electrons. The van der Waals surface area contributed by atoms with E-state index < -0.39 is 0 Å². The van der Waals surface area contributed by atoms with E-state index >= 15 is 0 Å². The highest BCUT2D eigenvalue weighted by Gasteiger charge is 2.05. The van der Waals surface area contributed by atoms with Gasteiger partial charge in [-0.1, -0.05) is 24.3 Å². The predicted molar refractivity (Wildman–Crippen MR) is 119 cm³/mol. The molecule has 0 spiro atoms. The molecule has 2 rings (SSSR count). The lowest BCUT2D eigenvalue weighted by atomic mass is 10.3. The molecule has 0 amide bonds.